The van der Waals surface area contributed by atoms with Crippen LogP contribution in [0.2, 0.25) is 0 Å². The first kappa shape index (κ1) is 17.9. The summed E-state index contributed by atoms with van der Waals surface area (Å²) in [6, 6.07) is 4.88. The van der Waals surface area contributed by atoms with E-state index in [0.717, 1.165) is 10.9 Å². The molecule has 8 nitrogen and oxygen atoms in total. The van der Waals surface area contributed by atoms with Gasteiger partial charge in [-0.2, -0.15) is 8.42 Å². The Balaban J connectivity index is 2.44. The molecule has 1 heterocycles. The maximum Gasteiger partial charge on any atom is 0.340 e. The lowest BCUT2D eigenvalue weighted by atomic mass is 10.1. The predicted octanol–water partition coefficient (Wildman–Crippen LogP) is 1.88. The van der Waals surface area contributed by atoms with Crippen molar-refractivity contribution in [2.24, 2.45) is 7.05 Å². The number of esters is 1. The molecule has 0 saturated carbocycles. The monoisotopic (exact) mass is 352 g/mol. The summed E-state index contributed by atoms with van der Waals surface area (Å²) >= 11 is 0. The topological polar surface area (TPSA) is 103 Å². The van der Waals surface area contributed by atoms with E-state index in [1.54, 1.807) is 39.8 Å². The van der Waals surface area contributed by atoms with Crippen LogP contribution in [-0.2, 0) is 21.8 Å². The van der Waals surface area contributed by atoms with Crippen molar-refractivity contribution in [3.8, 4) is 0 Å². The number of carbonyl (C=O) groups is 1. The van der Waals surface area contributed by atoms with Gasteiger partial charge in [-0.05, 0) is 39.3 Å². The Bertz CT molecular complexity index is 866. The van der Waals surface area contributed by atoms with Gasteiger partial charge < -0.3 is 4.74 Å². The van der Waals surface area contributed by atoms with E-state index >= 15 is 0 Å². The minimum atomic E-state index is -3.94. The number of ether oxygens (including phenoxy) is 1. The fourth-order valence-corrected chi connectivity index (χ4v) is 3.23. The number of hydrogen-bond donors (Lipinski definition) is 1. The van der Waals surface area contributed by atoms with Crippen LogP contribution in [0.4, 0.5) is 5.69 Å². The molecule has 0 radical (unpaired) electrons. The van der Waals surface area contributed by atoms with Gasteiger partial charge >= 0.3 is 5.97 Å². The van der Waals surface area contributed by atoms with Gasteiger partial charge in [0.25, 0.3) is 10.0 Å². The maximum atomic E-state index is 12.5. The lowest BCUT2D eigenvalue weighted by Gasteiger charge is -2.21. The number of anilines is 1. The molecule has 0 bridgehead atoms. The second-order valence-electron chi connectivity index (χ2n) is 6.30. The third-order valence-electron chi connectivity index (χ3n) is 3.08. The van der Waals surface area contributed by atoms with Crippen LogP contribution < -0.4 is 4.72 Å². The molecule has 24 heavy (non-hydrogen) atoms. The maximum absolute atomic E-state index is 12.5. The average Bonchev–Trinajstić information content (AvgIpc) is 2.86. The molecule has 1 N–H and O–H groups in total. The highest BCUT2D eigenvalue weighted by atomic mass is 32.2. The number of para-hydroxylation sites is 1. The van der Waals surface area contributed by atoms with Gasteiger partial charge in [-0.15, -0.1) is 5.10 Å². The van der Waals surface area contributed by atoms with Crippen molar-refractivity contribution < 1.29 is 17.9 Å². The third-order valence-corrected chi connectivity index (χ3v) is 4.47. The lowest BCUT2D eigenvalue weighted by Crippen LogP contribution is -2.25. The Morgan fingerprint density at radius 2 is 1.96 bits per heavy atom. The first-order chi connectivity index (χ1) is 11.0. The van der Waals surface area contributed by atoms with Crippen LogP contribution in [0, 0.1) is 6.92 Å². The number of benzene rings is 1. The van der Waals surface area contributed by atoms with E-state index < -0.39 is 21.6 Å². The Morgan fingerprint density at radius 3 is 2.50 bits per heavy atom. The number of nitrogens with zero attached hydrogens (tertiary/aromatic N) is 3. The minimum Gasteiger partial charge on any atom is -0.456 e. The zero-order chi connectivity index (χ0) is 18.1. The molecule has 0 fully saturated rings. The van der Waals surface area contributed by atoms with E-state index in [0.29, 0.717) is 5.56 Å². The molecule has 1 aromatic carbocycles. The van der Waals surface area contributed by atoms with E-state index in [4.69, 9.17) is 4.74 Å². The smallest absolute Gasteiger partial charge is 0.340 e. The molecule has 0 amide bonds. The largest absolute Gasteiger partial charge is 0.456 e. The van der Waals surface area contributed by atoms with Gasteiger partial charge in [-0.1, -0.05) is 17.3 Å². The van der Waals surface area contributed by atoms with Gasteiger partial charge in [0.2, 0.25) is 0 Å². The second kappa shape index (κ2) is 6.23. The second-order valence-corrected chi connectivity index (χ2v) is 7.93. The zero-order valence-electron chi connectivity index (χ0n) is 14.2. The summed E-state index contributed by atoms with van der Waals surface area (Å²) < 4.78 is 34.0. The first-order valence-corrected chi connectivity index (χ1v) is 8.70. The summed E-state index contributed by atoms with van der Waals surface area (Å²) in [5.74, 6) is -0.605. The average molecular weight is 352 g/mol. The summed E-state index contributed by atoms with van der Waals surface area (Å²) in [5, 5.41) is 7.06. The van der Waals surface area contributed by atoms with E-state index in [2.05, 4.69) is 15.0 Å². The summed E-state index contributed by atoms with van der Waals surface area (Å²) in [6.45, 7) is 6.93. The highest BCUT2D eigenvalue weighted by Crippen LogP contribution is 2.26. The Kier molecular flexibility index (Phi) is 4.66. The predicted molar refractivity (Wildman–Crippen MR) is 88.2 cm³/mol. The normalized spacial score (nSPS) is 12.0. The fraction of sp³-hybridized carbons (Fsp3) is 0.400. The van der Waals surface area contributed by atoms with Crippen molar-refractivity contribution >= 4 is 21.7 Å². The van der Waals surface area contributed by atoms with Crippen molar-refractivity contribution in [1.29, 1.82) is 0 Å². The molecular formula is C15H20N4O4S. The van der Waals surface area contributed by atoms with Crippen LogP contribution in [0.3, 0.4) is 0 Å². The van der Waals surface area contributed by atoms with Gasteiger partial charge in [0.05, 0.1) is 17.4 Å². The van der Waals surface area contributed by atoms with Crippen molar-refractivity contribution in [3.63, 3.8) is 0 Å². The summed E-state index contributed by atoms with van der Waals surface area (Å²) in [6.07, 6.45) is 1.13. The van der Waals surface area contributed by atoms with Crippen LogP contribution >= 0.6 is 0 Å². The van der Waals surface area contributed by atoms with Crippen molar-refractivity contribution in [2.75, 3.05) is 4.72 Å². The molecule has 2 aromatic rings. The molecule has 0 atom stereocenters. The number of aryl methyl sites for hydroxylation is 2. The summed E-state index contributed by atoms with van der Waals surface area (Å²) in [4.78, 5) is 12.4. The van der Waals surface area contributed by atoms with Crippen molar-refractivity contribution in [1.82, 2.24) is 15.0 Å². The van der Waals surface area contributed by atoms with Crippen LogP contribution in [0.5, 0.6) is 0 Å². The van der Waals surface area contributed by atoms with E-state index in [1.165, 1.54) is 13.1 Å². The van der Waals surface area contributed by atoms with Crippen LogP contribution in [0.1, 0.15) is 36.7 Å². The Hall–Kier alpha value is -2.42. The number of rotatable bonds is 4. The van der Waals surface area contributed by atoms with Gasteiger partial charge in [0, 0.05) is 7.05 Å². The molecule has 0 spiro atoms. The molecule has 0 saturated heterocycles. The SMILES string of the molecule is Cc1cccc(C(=O)OC(C)(C)C)c1NS(=O)(=O)c1cnnn1C. The molecule has 0 aliphatic heterocycles. The summed E-state index contributed by atoms with van der Waals surface area (Å²) in [5.41, 5.74) is 0.219. The van der Waals surface area contributed by atoms with Crippen molar-refractivity contribution in [3.05, 3.63) is 35.5 Å². The molecule has 9 heteroatoms. The molecule has 130 valence electrons. The zero-order valence-corrected chi connectivity index (χ0v) is 15.0. The highest BCUT2D eigenvalue weighted by molar-refractivity contribution is 7.92. The van der Waals surface area contributed by atoms with Gasteiger partial charge in [0.15, 0.2) is 5.03 Å². The van der Waals surface area contributed by atoms with Gasteiger partial charge in [-0.25, -0.2) is 9.48 Å². The number of nitrogens with one attached hydrogen (secondary N) is 1. The number of aromatic nitrogens is 3. The minimum absolute atomic E-state index is 0.110. The molecule has 0 unspecified atom stereocenters. The van der Waals surface area contributed by atoms with Crippen LogP contribution in [0.25, 0.3) is 0 Å². The standard InChI is InChI=1S/C15H20N4O4S/c1-10-7-6-8-11(14(20)23-15(2,3)4)13(10)17-24(21,22)12-9-16-18-19(12)5/h6-9,17H,1-5H3. The van der Waals surface area contributed by atoms with Crippen molar-refractivity contribution in [2.45, 2.75) is 38.3 Å². The molecule has 2 rings (SSSR count). The van der Waals surface area contributed by atoms with Gasteiger partial charge in [-0.3, -0.25) is 4.72 Å². The molecule has 1 aromatic heterocycles. The van der Waals surface area contributed by atoms with E-state index in [-0.39, 0.29) is 16.3 Å². The highest BCUT2D eigenvalue weighted by Gasteiger charge is 2.25. The summed E-state index contributed by atoms with van der Waals surface area (Å²) in [7, 11) is -2.48. The Labute approximate surface area is 140 Å². The molecule has 0 aliphatic rings. The van der Waals surface area contributed by atoms with E-state index in [1.807, 2.05) is 0 Å². The molecular weight excluding hydrogens is 332 g/mol. The van der Waals surface area contributed by atoms with Crippen LogP contribution in [-0.4, -0.2) is 35.0 Å². The Morgan fingerprint density at radius 1 is 1.29 bits per heavy atom. The van der Waals surface area contributed by atoms with Gasteiger partial charge in [0.1, 0.15) is 5.60 Å². The van der Waals surface area contributed by atoms with Crippen LogP contribution in [0.15, 0.2) is 29.4 Å². The number of hydrogen-bond acceptors (Lipinski definition) is 6. The van der Waals surface area contributed by atoms with E-state index in [9.17, 15) is 13.2 Å². The number of carbonyl (C=O) groups excluding carboxylic acids is 1. The fourth-order valence-electron chi connectivity index (χ4n) is 2.02. The molecule has 0 aliphatic carbocycles. The first-order valence-electron chi connectivity index (χ1n) is 7.22. The third kappa shape index (κ3) is 3.91. The number of sulfonamides is 1. The quantitative estimate of drug-likeness (QED) is 0.843. The lowest BCUT2D eigenvalue weighted by molar-refractivity contribution is 0.00707.